The largest absolute Gasteiger partial charge is 0.490 e. The maximum atomic E-state index is 13.0. The summed E-state index contributed by atoms with van der Waals surface area (Å²) in [6.07, 6.45) is 3.88. The van der Waals surface area contributed by atoms with E-state index in [2.05, 4.69) is 4.98 Å². The zero-order chi connectivity index (χ0) is 19.6. The van der Waals surface area contributed by atoms with Crippen LogP contribution in [0.25, 0.3) is 0 Å². The van der Waals surface area contributed by atoms with Gasteiger partial charge in [0.05, 0.1) is 23.7 Å². The van der Waals surface area contributed by atoms with Gasteiger partial charge in [0.25, 0.3) is 5.91 Å². The van der Waals surface area contributed by atoms with Crippen LogP contribution >= 0.6 is 0 Å². The number of rotatable bonds is 3. The quantitative estimate of drug-likeness (QED) is 0.770. The molecular formula is C19H21N3O5S. The summed E-state index contributed by atoms with van der Waals surface area (Å²) in [6, 6.07) is 8.10. The monoisotopic (exact) mass is 403 g/mol. The molecule has 1 saturated heterocycles. The van der Waals surface area contributed by atoms with E-state index < -0.39 is 10.0 Å². The Labute approximate surface area is 163 Å². The average molecular weight is 403 g/mol. The van der Waals surface area contributed by atoms with Crippen LogP contribution in [0.15, 0.2) is 47.6 Å². The minimum atomic E-state index is -3.67. The third-order valence-electron chi connectivity index (χ3n) is 4.79. The molecule has 9 heteroatoms. The van der Waals surface area contributed by atoms with Gasteiger partial charge >= 0.3 is 0 Å². The average Bonchev–Trinajstić information content (AvgIpc) is 2.99. The van der Waals surface area contributed by atoms with E-state index in [0.29, 0.717) is 43.4 Å². The number of aromatic nitrogens is 1. The SMILES string of the molecule is O=C(c1cccnc1)N1CCN(S(=O)(=O)c2ccc3c(c2)OCCCO3)CC1. The summed E-state index contributed by atoms with van der Waals surface area (Å²) in [5.41, 5.74) is 0.502. The summed E-state index contributed by atoms with van der Waals surface area (Å²) in [6.45, 7) is 2.18. The van der Waals surface area contributed by atoms with Crippen LogP contribution in [-0.4, -0.2) is 67.9 Å². The van der Waals surface area contributed by atoms with Crippen LogP contribution in [0.4, 0.5) is 0 Å². The highest BCUT2D eigenvalue weighted by Crippen LogP contribution is 2.33. The smallest absolute Gasteiger partial charge is 0.255 e. The Morgan fingerprint density at radius 2 is 1.75 bits per heavy atom. The van der Waals surface area contributed by atoms with Crippen molar-refractivity contribution in [3.8, 4) is 11.5 Å². The van der Waals surface area contributed by atoms with Crippen LogP contribution in [0.5, 0.6) is 11.5 Å². The normalized spacial score (nSPS) is 17.8. The lowest BCUT2D eigenvalue weighted by Gasteiger charge is -2.34. The predicted octanol–water partition coefficient (Wildman–Crippen LogP) is 1.39. The second kappa shape index (κ2) is 7.76. The van der Waals surface area contributed by atoms with Crippen molar-refractivity contribution in [2.75, 3.05) is 39.4 Å². The van der Waals surface area contributed by atoms with E-state index in [0.717, 1.165) is 6.42 Å². The van der Waals surface area contributed by atoms with Crippen LogP contribution in [0.3, 0.4) is 0 Å². The molecule has 0 aliphatic carbocycles. The molecule has 1 amide bonds. The molecule has 4 rings (SSSR count). The maximum Gasteiger partial charge on any atom is 0.255 e. The highest BCUT2D eigenvalue weighted by Gasteiger charge is 2.31. The lowest BCUT2D eigenvalue weighted by Crippen LogP contribution is -2.50. The van der Waals surface area contributed by atoms with Gasteiger partial charge in [0.2, 0.25) is 10.0 Å². The molecule has 2 aromatic rings. The fourth-order valence-corrected chi connectivity index (χ4v) is 4.69. The zero-order valence-electron chi connectivity index (χ0n) is 15.3. The molecule has 148 valence electrons. The third kappa shape index (κ3) is 3.67. The first-order valence-corrected chi connectivity index (χ1v) is 10.6. The fourth-order valence-electron chi connectivity index (χ4n) is 3.26. The van der Waals surface area contributed by atoms with Crippen LogP contribution in [-0.2, 0) is 10.0 Å². The van der Waals surface area contributed by atoms with E-state index in [-0.39, 0.29) is 23.9 Å². The van der Waals surface area contributed by atoms with Crippen molar-refractivity contribution in [3.63, 3.8) is 0 Å². The maximum absolute atomic E-state index is 13.0. The van der Waals surface area contributed by atoms with Gasteiger partial charge in [-0.25, -0.2) is 8.42 Å². The summed E-state index contributed by atoms with van der Waals surface area (Å²) in [4.78, 5) is 18.3. The molecule has 1 aromatic heterocycles. The van der Waals surface area contributed by atoms with Gasteiger partial charge in [-0.1, -0.05) is 0 Å². The lowest BCUT2D eigenvalue weighted by atomic mass is 10.2. The van der Waals surface area contributed by atoms with E-state index >= 15 is 0 Å². The van der Waals surface area contributed by atoms with Crippen molar-refractivity contribution >= 4 is 15.9 Å². The Morgan fingerprint density at radius 1 is 1.00 bits per heavy atom. The highest BCUT2D eigenvalue weighted by molar-refractivity contribution is 7.89. The molecule has 0 radical (unpaired) electrons. The minimum absolute atomic E-state index is 0.138. The number of fused-ring (bicyclic) bond motifs is 1. The molecule has 0 bridgehead atoms. The molecule has 28 heavy (non-hydrogen) atoms. The van der Waals surface area contributed by atoms with Gasteiger partial charge in [0.15, 0.2) is 11.5 Å². The first kappa shape index (κ1) is 18.7. The van der Waals surface area contributed by atoms with E-state index in [9.17, 15) is 13.2 Å². The molecule has 2 aliphatic rings. The number of amides is 1. The van der Waals surface area contributed by atoms with E-state index in [1.54, 1.807) is 29.3 Å². The van der Waals surface area contributed by atoms with Crippen LogP contribution in [0.1, 0.15) is 16.8 Å². The number of nitrogens with zero attached hydrogens (tertiary/aromatic N) is 3. The van der Waals surface area contributed by atoms with E-state index in [4.69, 9.17) is 9.47 Å². The number of pyridine rings is 1. The van der Waals surface area contributed by atoms with E-state index in [1.807, 2.05) is 0 Å². The molecule has 0 N–H and O–H groups in total. The summed E-state index contributed by atoms with van der Waals surface area (Å²) in [7, 11) is -3.67. The first-order valence-electron chi connectivity index (χ1n) is 9.15. The molecule has 2 aliphatic heterocycles. The van der Waals surface area contributed by atoms with Gasteiger partial charge in [0, 0.05) is 51.1 Å². The number of sulfonamides is 1. The third-order valence-corrected chi connectivity index (χ3v) is 6.69. The lowest BCUT2D eigenvalue weighted by molar-refractivity contribution is 0.0697. The van der Waals surface area contributed by atoms with Gasteiger partial charge in [-0.2, -0.15) is 4.31 Å². The van der Waals surface area contributed by atoms with Crippen molar-refractivity contribution in [2.24, 2.45) is 0 Å². The standard InChI is InChI=1S/C19H21N3O5S/c23-19(15-3-1-6-20-14-15)21-7-9-22(10-8-21)28(24,25)16-4-5-17-18(13-16)27-12-2-11-26-17/h1,3-6,13-14H,2,7-12H2. The number of piperazine rings is 1. The van der Waals surface area contributed by atoms with Gasteiger partial charge in [-0.15, -0.1) is 0 Å². The van der Waals surface area contributed by atoms with Gasteiger partial charge in [0.1, 0.15) is 0 Å². The predicted molar refractivity (Wildman–Crippen MR) is 101 cm³/mol. The highest BCUT2D eigenvalue weighted by atomic mass is 32.2. The number of carbonyl (C=O) groups excluding carboxylic acids is 1. The molecule has 0 atom stereocenters. The van der Waals surface area contributed by atoms with Gasteiger partial charge in [-0.05, 0) is 24.3 Å². The number of carbonyl (C=O) groups is 1. The molecule has 1 fully saturated rings. The van der Waals surface area contributed by atoms with Gasteiger partial charge < -0.3 is 14.4 Å². The Morgan fingerprint density at radius 3 is 2.46 bits per heavy atom. The van der Waals surface area contributed by atoms with Crippen LogP contribution in [0, 0.1) is 0 Å². The van der Waals surface area contributed by atoms with E-state index in [1.165, 1.54) is 22.6 Å². The molecule has 0 unspecified atom stereocenters. The minimum Gasteiger partial charge on any atom is -0.490 e. The zero-order valence-corrected chi connectivity index (χ0v) is 16.1. The van der Waals surface area contributed by atoms with Crippen LogP contribution in [0.2, 0.25) is 0 Å². The van der Waals surface area contributed by atoms with Crippen molar-refractivity contribution in [1.82, 2.24) is 14.2 Å². The van der Waals surface area contributed by atoms with Crippen molar-refractivity contribution in [3.05, 3.63) is 48.3 Å². The first-order chi connectivity index (χ1) is 13.6. The Hall–Kier alpha value is -2.65. The Balaban J connectivity index is 1.47. The second-order valence-corrected chi connectivity index (χ2v) is 8.53. The second-order valence-electron chi connectivity index (χ2n) is 6.60. The summed E-state index contributed by atoms with van der Waals surface area (Å²) in [5.74, 6) is 0.869. The number of ether oxygens (including phenoxy) is 2. The van der Waals surface area contributed by atoms with Gasteiger partial charge in [-0.3, -0.25) is 9.78 Å². The van der Waals surface area contributed by atoms with Crippen molar-refractivity contribution < 1.29 is 22.7 Å². The fraction of sp³-hybridized carbons (Fsp3) is 0.368. The Bertz CT molecular complexity index is 957. The summed E-state index contributed by atoms with van der Waals surface area (Å²) < 4.78 is 38.6. The molecular weight excluding hydrogens is 382 g/mol. The molecule has 0 spiro atoms. The van der Waals surface area contributed by atoms with Crippen molar-refractivity contribution in [1.29, 1.82) is 0 Å². The summed E-state index contributed by atoms with van der Waals surface area (Å²) >= 11 is 0. The van der Waals surface area contributed by atoms with Crippen molar-refractivity contribution in [2.45, 2.75) is 11.3 Å². The molecule has 1 aromatic carbocycles. The topological polar surface area (TPSA) is 89.0 Å². The number of hydrogen-bond acceptors (Lipinski definition) is 6. The number of hydrogen-bond donors (Lipinski definition) is 0. The molecule has 8 nitrogen and oxygen atoms in total. The number of benzene rings is 1. The molecule has 3 heterocycles. The Kier molecular flexibility index (Phi) is 5.19. The summed E-state index contributed by atoms with van der Waals surface area (Å²) in [5, 5.41) is 0. The molecule has 0 saturated carbocycles. The van der Waals surface area contributed by atoms with Crippen LogP contribution < -0.4 is 9.47 Å².